The van der Waals surface area contributed by atoms with Crippen molar-refractivity contribution in [1.82, 2.24) is 4.90 Å². The maximum atomic E-state index is 12.3. The maximum Gasteiger partial charge on any atom is 0.223 e. The minimum Gasteiger partial charge on any atom is -0.497 e. The van der Waals surface area contributed by atoms with Gasteiger partial charge >= 0.3 is 0 Å². The quantitative estimate of drug-likeness (QED) is 0.451. The normalized spacial score (nSPS) is 21.2. The summed E-state index contributed by atoms with van der Waals surface area (Å²) >= 11 is 2.35. The van der Waals surface area contributed by atoms with E-state index in [1.807, 2.05) is 29.2 Å². The molecule has 0 aliphatic carbocycles. The lowest BCUT2D eigenvalue weighted by Crippen LogP contribution is -2.40. The summed E-state index contributed by atoms with van der Waals surface area (Å²) in [5.74, 6) is 1.10. The molecule has 0 spiro atoms. The minimum absolute atomic E-state index is 0.200. The van der Waals surface area contributed by atoms with Crippen LogP contribution in [-0.2, 0) is 11.3 Å². The molecule has 1 aromatic rings. The van der Waals surface area contributed by atoms with Crippen molar-refractivity contribution in [2.45, 2.75) is 31.8 Å². The number of carbonyl (C=O) groups excluding carboxylic acids is 1. The van der Waals surface area contributed by atoms with Gasteiger partial charge in [-0.25, -0.2) is 0 Å². The first kappa shape index (κ1) is 15.4. The molecule has 0 saturated heterocycles. The van der Waals surface area contributed by atoms with Crippen LogP contribution in [0.1, 0.15) is 24.8 Å². The molecular weight excluding hydrogens is 365 g/mol. The molecule has 1 aromatic carbocycles. The molecule has 1 aliphatic rings. The third-order valence-corrected chi connectivity index (χ3v) is 4.41. The Balaban J connectivity index is 2.15. The third-order valence-electron chi connectivity index (χ3n) is 3.51. The SMILES string of the molecule is COc1ccc(CN2C(=O)CCC/C=C\[C@H]2CI)cc1. The predicted octanol–water partition coefficient (Wildman–Crippen LogP) is 3.57. The molecule has 1 aliphatic heterocycles. The average Bonchev–Trinajstić information content (AvgIpc) is 2.47. The first-order valence-electron chi connectivity index (χ1n) is 6.89. The number of methoxy groups -OCH3 is 1. The van der Waals surface area contributed by atoms with Crippen molar-refractivity contribution in [1.29, 1.82) is 0 Å². The lowest BCUT2D eigenvalue weighted by Gasteiger charge is -2.30. The van der Waals surface area contributed by atoms with Crippen LogP contribution in [0, 0.1) is 0 Å². The fourth-order valence-electron chi connectivity index (χ4n) is 2.32. The molecule has 4 heteroatoms. The number of carbonyl (C=O) groups is 1. The zero-order valence-electron chi connectivity index (χ0n) is 11.7. The summed E-state index contributed by atoms with van der Waals surface area (Å²) in [5.41, 5.74) is 1.14. The molecular formula is C16H20INO2. The van der Waals surface area contributed by atoms with Gasteiger partial charge in [0, 0.05) is 17.4 Å². The van der Waals surface area contributed by atoms with Crippen LogP contribution in [0.4, 0.5) is 0 Å². The largest absolute Gasteiger partial charge is 0.497 e. The van der Waals surface area contributed by atoms with Gasteiger partial charge in [-0.15, -0.1) is 0 Å². The second-order valence-electron chi connectivity index (χ2n) is 4.91. The molecule has 108 valence electrons. The Labute approximate surface area is 134 Å². The molecule has 3 nitrogen and oxygen atoms in total. The van der Waals surface area contributed by atoms with Crippen LogP contribution in [-0.4, -0.2) is 28.4 Å². The number of nitrogens with zero attached hydrogens (tertiary/aromatic N) is 1. The van der Waals surface area contributed by atoms with Crippen LogP contribution in [0.15, 0.2) is 36.4 Å². The van der Waals surface area contributed by atoms with E-state index < -0.39 is 0 Å². The van der Waals surface area contributed by atoms with Crippen LogP contribution in [0.25, 0.3) is 0 Å². The Morgan fingerprint density at radius 1 is 1.35 bits per heavy atom. The molecule has 0 aromatic heterocycles. The number of alkyl halides is 1. The summed E-state index contributed by atoms with van der Waals surface area (Å²) in [7, 11) is 1.66. The van der Waals surface area contributed by atoms with Gasteiger partial charge in [0.15, 0.2) is 0 Å². The van der Waals surface area contributed by atoms with Gasteiger partial charge in [-0.1, -0.05) is 46.9 Å². The lowest BCUT2D eigenvalue weighted by atomic mass is 10.1. The van der Waals surface area contributed by atoms with Gasteiger partial charge in [0.1, 0.15) is 5.75 Å². The highest BCUT2D eigenvalue weighted by Gasteiger charge is 2.21. The van der Waals surface area contributed by atoms with Crippen LogP contribution < -0.4 is 4.74 Å². The van der Waals surface area contributed by atoms with Crippen molar-refractivity contribution < 1.29 is 9.53 Å². The lowest BCUT2D eigenvalue weighted by molar-refractivity contribution is -0.133. The molecule has 0 fully saturated rings. The van der Waals surface area contributed by atoms with Gasteiger partial charge in [0.25, 0.3) is 0 Å². The summed E-state index contributed by atoms with van der Waals surface area (Å²) in [5, 5.41) is 0. The maximum absolute atomic E-state index is 12.3. The summed E-state index contributed by atoms with van der Waals surface area (Å²) in [6.07, 6.45) is 6.98. The number of amides is 1. The highest BCUT2D eigenvalue weighted by Crippen LogP contribution is 2.19. The minimum atomic E-state index is 0.200. The molecule has 2 rings (SSSR count). The van der Waals surface area contributed by atoms with E-state index in [1.165, 1.54) is 0 Å². The first-order chi connectivity index (χ1) is 9.74. The Kier molecular flexibility index (Phi) is 5.88. The van der Waals surface area contributed by atoms with E-state index in [9.17, 15) is 4.79 Å². The average molecular weight is 385 g/mol. The van der Waals surface area contributed by atoms with Gasteiger partial charge in [-0.2, -0.15) is 0 Å². The van der Waals surface area contributed by atoms with Crippen LogP contribution >= 0.6 is 22.6 Å². The van der Waals surface area contributed by atoms with Gasteiger partial charge in [0.2, 0.25) is 5.91 Å². The second kappa shape index (κ2) is 7.67. The molecule has 1 atom stereocenters. The summed E-state index contributed by atoms with van der Waals surface area (Å²) in [6.45, 7) is 0.667. The molecule has 0 bridgehead atoms. The van der Waals surface area contributed by atoms with Crippen molar-refractivity contribution in [3.8, 4) is 5.75 Å². The molecule has 0 saturated carbocycles. The van der Waals surface area contributed by atoms with Crippen LogP contribution in [0.5, 0.6) is 5.75 Å². The van der Waals surface area contributed by atoms with Crippen LogP contribution in [0.2, 0.25) is 0 Å². The molecule has 1 heterocycles. The third kappa shape index (κ3) is 3.98. The molecule has 0 radical (unpaired) electrons. The van der Waals surface area contributed by atoms with E-state index in [1.54, 1.807) is 7.11 Å². The predicted molar refractivity (Wildman–Crippen MR) is 89.2 cm³/mol. The number of benzene rings is 1. The Morgan fingerprint density at radius 3 is 2.75 bits per heavy atom. The van der Waals surface area contributed by atoms with E-state index in [4.69, 9.17) is 4.74 Å². The van der Waals surface area contributed by atoms with E-state index in [0.29, 0.717) is 13.0 Å². The van der Waals surface area contributed by atoms with Crippen molar-refractivity contribution >= 4 is 28.5 Å². The van der Waals surface area contributed by atoms with E-state index in [-0.39, 0.29) is 11.9 Å². The summed E-state index contributed by atoms with van der Waals surface area (Å²) < 4.78 is 6.09. The molecule has 20 heavy (non-hydrogen) atoms. The highest BCUT2D eigenvalue weighted by atomic mass is 127. The summed E-state index contributed by atoms with van der Waals surface area (Å²) in [4.78, 5) is 14.3. The summed E-state index contributed by atoms with van der Waals surface area (Å²) in [6, 6.07) is 8.14. The molecule has 1 amide bonds. The van der Waals surface area contributed by atoms with E-state index in [0.717, 1.165) is 28.6 Å². The zero-order chi connectivity index (χ0) is 14.4. The molecule has 0 unspecified atom stereocenters. The number of halogens is 1. The number of allylic oxidation sites excluding steroid dienone is 1. The smallest absolute Gasteiger partial charge is 0.223 e. The zero-order valence-corrected chi connectivity index (χ0v) is 13.9. The van der Waals surface area contributed by atoms with Crippen molar-refractivity contribution in [3.63, 3.8) is 0 Å². The topological polar surface area (TPSA) is 29.5 Å². The fraction of sp³-hybridized carbons (Fsp3) is 0.438. The number of rotatable bonds is 4. The number of hydrogen-bond donors (Lipinski definition) is 0. The first-order valence-corrected chi connectivity index (χ1v) is 8.42. The second-order valence-corrected chi connectivity index (χ2v) is 5.79. The van der Waals surface area contributed by atoms with Crippen molar-refractivity contribution in [2.24, 2.45) is 0 Å². The van der Waals surface area contributed by atoms with Gasteiger partial charge < -0.3 is 9.64 Å². The highest BCUT2D eigenvalue weighted by molar-refractivity contribution is 14.1. The van der Waals surface area contributed by atoms with Gasteiger partial charge in [-0.3, -0.25) is 4.79 Å². The number of ether oxygens (including phenoxy) is 1. The van der Waals surface area contributed by atoms with Gasteiger partial charge in [-0.05, 0) is 30.5 Å². The standard InChI is InChI=1S/C16H20INO2/c1-20-15-9-7-13(8-10-15)12-18-14(11-17)5-3-2-4-6-16(18)19/h3,5,7-10,14H,2,4,6,11-12H2,1H3/b5-3-/t14-/m0/s1. The van der Waals surface area contributed by atoms with Gasteiger partial charge in [0.05, 0.1) is 13.2 Å². The molecule has 0 N–H and O–H groups in total. The van der Waals surface area contributed by atoms with E-state index >= 15 is 0 Å². The number of hydrogen-bond acceptors (Lipinski definition) is 2. The van der Waals surface area contributed by atoms with Crippen LogP contribution in [0.3, 0.4) is 0 Å². The fourth-order valence-corrected chi connectivity index (χ4v) is 3.09. The Morgan fingerprint density at radius 2 is 2.10 bits per heavy atom. The monoisotopic (exact) mass is 385 g/mol. The van der Waals surface area contributed by atoms with Crippen molar-refractivity contribution in [2.75, 3.05) is 11.5 Å². The van der Waals surface area contributed by atoms with Crippen molar-refractivity contribution in [3.05, 3.63) is 42.0 Å². The Bertz CT molecular complexity index is 470. The Hall–Kier alpha value is -1.04. The van der Waals surface area contributed by atoms with E-state index in [2.05, 4.69) is 34.7 Å².